The van der Waals surface area contributed by atoms with Crippen molar-refractivity contribution in [3.05, 3.63) is 58.6 Å². The number of halogens is 1. The lowest BCUT2D eigenvalue weighted by molar-refractivity contribution is -0.119. The van der Waals surface area contributed by atoms with Crippen molar-refractivity contribution >= 4 is 40.5 Å². The molecule has 2 N–H and O–H groups in total. The molecule has 0 saturated heterocycles. The number of ether oxygens (including phenoxy) is 1. The van der Waals surface area contributed by atoms with Crippen LogP contribution >= 0.6 is 23.8 Å². The first kappa shape index (κ1) is 19.2. The molecule has 0 spiro atoms. The van der Waals surface area contributed by atoms with Gasteiger partial charge in [-0.2, -0.15) is 0 Å². The standard InChI is InChI=1S/C19H21ClN2O2S/c1-13-8-10-15(11-9-13)24-12-4-7-18(23)22-19(25)21-17-6-3-5-16(20)14(17)2/h3,5-6,8-11H,4,7,12H2,1-2H3,(H2,21,22,23,25). The number of rotatable bonds is 6. The monoisotopic (exact) mass is 376 g/mol. The van der Waals surface area contributed by atoms with Crippen LogP contribution in [0.5, 0.6) is 5.75 Å². The fourth-order valence-electron chi connectivity index (χ4n) is 2.14. The lowest BCUT2D eigenvalue weighted by atomic mass is 10.2. The highest BCUT2D eigenvalue weighted by Gasteiger charge is 2.07. The van der Waals surface area contributed by atoms with E-state index < -0.39 is 0 Å². The fourth-order valence-corrected chi connectivity index (χ4v) is 2.54. The summed E-state index contributed by atoms with van der Waals surface area (Å²) in [5.74, 6) is 0.657. The molecular weight excluding hydrogens is 356 g/mol. The molecule has 0 saturated carbocycles. The second-order valence-corrected chi connectivity index (χ2v) is 6.50. The predicted octanol–water partition coefficient (Wildman–Crippen LogP) is 4.63. The lowest BCUT2D eigenvalue weighted by Gasteiger charge is -2.12. The van der Waals surface area contributed by atoms with Crippen LogP contribution in [-0.2, 0) is 4.79 Å². The average Bonchev–Trinajstić information content (AvgIpc) is 2.57. The fraction of sp³-hybridized carbons (Fsp3) is 0.263. The van der Waals surface area contributed by atoms with Crippen molar-refractivity contribution < 1.29 is 9.53 Å². The van der Waals surface area contributed by atoms with Crippen molar-refractivity contribution in [1.82, 2.24) is 5.32 Å². The van der Waals surface area contributed by atoms with Gasteiger partial charge in [0.2, 0.25) is 5.91 Å². The maximum absolute atomic E-state index is 11.9. The first-order valence-electron chi connectivity index (χ1n) is 8.01. The van der Waals surface area contributed by atoms with Gasteiger partial charge in [-0.1, -0.05) is 35.4 Å². The third kappa shape index (κ3) is 6.36. The molecule has 0 fully saturated rings. The van der Waals surface area contributed by atoms with Crippen LogP contribution in [0, 0.1) is 13.8 Å². The van der Waals surface area contributed by atoms with Gasteiger partial charge in [-0.3, -0.25) is 4.79 Å². The summed E-state index contributed by atoms with van der Waals surface area (Å²) in [5.41, 5.74) is 2.84. The molecule has 0 radical (unpaired) electrons. The highest BCUT2D eigenvalue weighted by molar-refractivity contribution is 7.80. The van der Waals surface area contributed by atoms with Gasteiger partial charge in [-0.15, -0.1) is 0 Å². The molecule has 0 aromatic heterocycles. The van der Waals surface area contributed by atoms with Crippen molar-refractivity contribution in [3.8, 4) is 5.75 Å². The van der Waals surface area contributed by atoms with Crippen molar-refractivity contribution in [2.24, 2.45) is 0 Å². The van der Waals surface area contributed by atoms with Crippen LogP contribution < -0.4 is 15.4 Å². The molecule has 4 nitrogen and oxygen atoms in total. The molecule has 6 heteroatoms. The summed E-state index contributed by atoms with van der Waals surface area (Å²) in [6, 6.07) is 13.3. The van der Waals surface area contributed by atoms with E-state index in [1.165, 1.54) is 5.56 Å². The summed E-state index contributed by atoms with van der Waals surface area (Å²) in [6.45, 7) is 4.39. The van der Waals surface area contributed by atoms with Gasteiger partial charge in [-0.25, -0.2) is 0 Å². The summed E-state index contributed by atoms with van der Waals surface area (Å²) < 4.78 is 5.60. The number of carbonyl (C=O) groups is 1. The van der Waals surface area contributed by atoms with E-state index in [0.29, 0.717) is 24.5 Å². The minimum atomic E-state index is -0.148. The summed E-state index contributed by atoms with van der Waals surface area (Å²) in [6.07, 6.45) is 0.945. The number of hydrogen-bond acceptors (Lipinski definition) is 3. The normalized spacial score (nSPS) is 10.2. The molecule has 2 aromatic rings. The Hall–Kier alpha value is -2.11. The summed E-state index contributed by atoms with van der Waals surface area (Å²) >= 11 is 11.2. The molecule has 0 bridgehead atoms. The molecule has 2 rings (SSSR count). The number of thiocarbonyl (C=S) groups is 1. The predicted molar refractivity (Wildman–Crippen MR) is 106 cm³/mol. The third-order valence-corrected chi connectivity index (χ3v) is 4.22. The molecule has 2 aromatic carbocycles. The molecule has 0 aliphatic carbocycles. The molecule has 0 atom stereocenters. The van der Waals surface area contributed by atoms with Crippen LogP contribution in [-0.4, -0.2) is 17.6 Å². The van der Waals surface area contributed by atoms with E-state index in [2.05, 4.69) is 10.6 Å². The van der Waals surface area contributed by atoms with Crippen LogP contribution in [0.2, 0.25) is 5.02 Å². The Morgan fingerprint density at radius 3 is 2.60 bits per heavy atom. The maximum Gasteiger partial charge on any atom is 0.226 e. The van der Waals surface area contributed by atoms with E-state index in [1.54, 1.807) is 6.07 Å². The van der Waals surface area contributed by atoms with Gasteiger partial charge < -0.3 is 15.4 Å². The van der Waals surface area contributed by atoms with Gasteiger partial charge in [0.1, 0.15) is 5.75 Å². The van der Waals surface area contributed by atoms with Crippen LogP contribution in [0.25, 0.3) is 0 Å². The molecule has 0 aliphatic rings. The van der Waals surface area contributed by atoms with Gasteiger partial charge in [-0.05, 0) is 62.3 Å². The Morgan fingerprint density at radius 1 is 1.16 bits per heavy atom. The van der Waals surface area contributed by atoms with E-state index in [1.807, 2.05) is 50.2 Å². The largest absolute Gasteiger partial charge is 0.494 e. The number of carbonyl (C=O) groups excluding carboxylic acids is 1. The van der Waals surface area contributed by atoms with Gasteiger partial charge in [0.15, 0.2) is 5.11 Å². The van der Waals surface area contributed by atoms with E-state index >= 15 is 0 Å². The quantitative estimate of drug-likeness (QED) is 0.570. The minimum Gasteiger partial charge on any atom is -0.494 e. The number of nitrogens with one attached hydrogen (secondary N) is 2. The van der Waals surface area contributed by atoms with Crippen LogP contribution in [0.1, 0.15) is 24.0 Å². The SMILES string of the molecule is Cc1ccc(OCCCC(=O)NC(=S)Nc2cccc(Cl)c2C)cc1. The average molecular weight is 377 g/mol. The zero-order chi connectivity index (χ0) is 18.2. The Balaban J connectivity index is 1.70. The maximum atomic E-state index is 11.9. The van der Waals surface area contributed by atoms with Crippen molar-refractivity contribution in [3.63, 3.8) is 0 Å². The van der Waals surface area contributed by atoms with Crippen molar-refractivity contribution in [2.45, 2.75) is 26.7 Å². The van der Waals surface area contributed by atoms with E-state index in [0.717, 1.165) is 17.0 Å². The Bertz CT molecular complexity index is 748. The topological polar surface area (TPSA) is 50.4 Å². The van der Waals surface area contributed by atoms with Crippen LogP contribution in [0.15, 0.2) is 42.5 Å². The summed E-state index contributed by atoms with van der Waals surface area (Å²) in [4.78, 5) is 11.9. The molecule has 0 aliphatic heterocycles. The van der Waals surface area contributed by atoms with Crippen LogP contribution in [0.4, 0.5) is 5.69 Å². The lowest BCUT2D eigenvalue weighted by Crippen LogP contribution is -2.34. The number of benzene rings is 2. The number of amides is 1. The highest BCUT2D eigenvalue weighted by Crippen LogP contribution is 2.22. The first-order chi connectivity index (χ1) is 12.0. The zero-order valence-electron chi connectivity index (χ0n) is 14.3. The Labute approximate surface area is 158 Å². The zero-order valence-corrected chi connectivity index (χ0v) is 15.8. The highest BCUT2D eigenvalue weighted by atomic mass is 35.5. The minimum absolute atomic E-state index is 0.148. The van der Waals surface area contributed by atoms with Crippen molar-refractivity contribution in [2.75, 3.05) is 11.9 Å². The second kappa shape index (κ2) is 9.39. The van der Waals surface area contributed by atoms with Crippen molar-refractivity contribution in [1.29, 1.82) is 0 Å². The third-order valence-electron chi connectivity index (χ3n) is 3.61. The molecular formula is C19H21ClN2O2S. The van der Waals surface area contributed by atoms with Gasteiger partial charge >= 0.3 is 0 Å². The van der Waals surface area contributed by atoms with Crippen LogP contribution in [0.3, 0.4) is 0 Å². The smallest absolute Gasteiger partial charge is 0.226 e. The molecule has 0 unspecified atom stereocenters. The van der Waals surface area contributed by atoms with Gasteiger partial charge in [0, 0.05) is 17.1 Å². The first-order valence-corrected chi connectivity index (χ1v) is 8.80. The van der Waals surface area contributed by atoms with E-state index in [4.69, 9.17) is 28.6 Å². The van der Waals surface area contributed by atoms with Gasteiger partial charge in [0.05, 0.1) is 6.61 Å². The molecule has 0 heterocycles. The van der Waals surface area contributed by atoms with E-state index in [-0.39, 0.29) is 11.0 Å². The number of anilines is 1. The number of hydrogen-bond donors (Lipinski definition) is 2. The van der Waals surface area contributed by atoms with E-state index in [9.17, 15) is 4.79 Å². The number of aryl methyl sites for hydroxylation is 1. The summed E-state index contributed by atoms with van der Waals surface area (Å²) in [5, 5.41) is 6.56. The van der Waals surface area contributed by atoms with Gasteiger partial charge in [0.25, 0.3) is 0 Å². The molecule has 1 amide bonds. The molecule has 132 valence electrons. The summed E-state index contributed by atoms with van der Waals surface area (Å²) in [7, 11) is 0. The second-order valence-electron chi connectivity index (χ2n) is 5.68. The Kier molecular flexibility index (Phi) is 7.22. The molecule has 25 heavy (non-hydrogen) atoms. The Morgan fingerprint density at radius 2 is 1.88 bits per heavy atom.